The molecular formula is C13H17BrO2. The number of benzene rings is 1. The Bertz CT molecular complexity index is 350. The van der Waals surface area contributed by atoms with E-state index in [4.69, 9.17) is 4.74 Å². The molecule has 0 aliphatic carbocycles. The first-order valence-corrected chi connectivity index (χ1v) is 6.16. The number of ether oxygens (including phenoxy) is 1. The van der Waals surface area contributed by atoms with Crippen molar-refractivity contribution in [2.75, 3.05) is 13.7 Å². The predicted molar refractivity (Wildman–Crippen MR) is 68.5 cm³/mol. The molecule has 3 heteroatoms. The standard InChI is InChI=1S/C13H17BrO2/c1-10(9-16-2)7-12(15)8-11-5-3-4-6-13(11)14/h3-6,10H,7-9H2,1-2H3. The molecule has 0 fully saturated rings. The fourth-order valence-electron chi connectivity index (χ4n) is 1.66. The van der Waals surface area contributed by atoms with E-state index in [9.17, 15) is 4.79 Å². The Kier molecular flexibility index (Phi) is 5.71. The highest BCUT2D eigenvalue weighted by atomic mass is 79.9. The molecule has 2 nitrogen and oxygen atoms in total. The molecule has 0 N–H and O–H groups in total. The molecule has 1 unspecified atom stereocenters. The molecule has 0 heterocycles. The summed E-state index contributed by atoms with van der Waals surface area (Å²) in [5.41, 5.74) is 1.05. The largest absolute Gasteiger partial charge is 0.384 e. The summed E-state index contributed by atoms with van der Waals surface area (Å²) >= 11 is 3.44. The molecule has 1 aromatic carbocycles. The first kappa shape index (κ1) is 13.4. The van der Waals surface area contributed by atoms with Gasteiger partial charge in [0.25, 0.3) is 0 Å². The van der Waals surface area contributed by atoms with E-state index in [-0.39, 0.29) is 5.78 Å². The minimum atomic E-state index is 0.261. The molecule has 0 amide bonds. The van der Waals surface area contributed by atoms with Crippen LogP contribution >= 0.6 is 15.9 Å². The van der Waals surface area contributed by atoms with Gasteiger partial charge < -0.3 is 4.74 Å². The molecule has 0 aliphatic rings. The van der Waals surface area contributed by atoms with Crippen LogP contribution in [0, 0.1) is 5.92 Å². The number of halogens is 1. The van der Waals surface area contributed by atoms with Gasteiger partial charge in [-0.2, -0.15) is 0 Å². The molecular weight excluding hydrogens is 268 g/mol. The number of rotatable bonds is 6. The highest BCUT2D eigenvalue weighted by Crippen LogP contribution is 2.17. The van der Waals surface area contributed by atoms with Crippen molar-refractivity contribution in [3.8, 4) is 0 Å². The third-order valence-electron chi connectivity index (χ3n) is 2.37. The monoisotopic (exact) mass is 284 g/mol. The quantitative estimate of drug-likeness (QED) is 0.802. The summed E-state index contributed by atoms with van der Waals surface area (Å²) in [5.74, 6) is 0.552. The maximum Gasteiger partial charge on any atom is 0.137 e. The highest BCUT2D eigenvalue weighted by molar-refractivity contribution is 9.10. The van der Waals surface area contributed by atoms with Crippen LogP contribution in [-0.4, -0.2) is 19.5 Å². The third kappa shape index (κ3) is 4.45. The topological polar surface area (TPSA) is 26.3 Å². The second-order valence-electron chi connectivity index (χ2n) is 4.07. The van der Waals surface area contributed by atoms with Crippen molar-refractivity contribution < 1.29 is 9.53 Å². The molecule has 0 bridgehead atoms. The van der Waals surface area contributed by atoms with Crippen molar-refractivity contribution >= 4 is 21.7 Å². The minimum Gasteiger partial charge on any atom is -0.384 e. The number of hydrogen-bond donors (Lipinski definition) is 0. The molecule has 1 rings (SSSR count). The Labute approximate surface area is 105 Å². The van der Waals surface area contributed by atoms with E-state index < -0.39 is 0 Å². The summed E-state index contributed by atoms with van der Waals surface area (Å²) in [4.78, 5) is 11.8. The molecule has 88 valence electrons. The SMILES string of the molecule is COCC(C)CC(=O)Cc1ccccc1Br. The molecule has 0 spiro atoms. The van der Waals surface area contributed by atoms with E-state index in [1.807, 2.05) is 31.2 Å². The second kappa shape index (κ2) is 6.81. The van der Waals surface area contributed by atoms with Crippen LogP contribution in [0.4, 0.5) is 0 Å². The molecule has 1 atom stereocenters. The molecule has 0 aliphatic heterocycles. The normalized spacial score (nSPS) is 12.4. The number of methoxy groups -OCH3 is 1. The lowest BCUT2D eigenvalue weighted by molar-refractivity contribution is -0.119. The lowest BCUT2D eigenvalue weighted by Gasteiger charge is -2.09. The van der Waals surface area contributed by atoms with E-state index in [0.29, 0.717) is 25.4 Å². The number of carbonyl (C=O) groups excluding carboxylic acids is 1. The van der Waals surface area contributed by atoms with Crippen LogP contribution in [0.3, 0.4) is 0 Å². The van der Waals surface area contributed by atoms with Crippen molar-refractivity contribution in [1.29, 1.82) is 0 Å². The fraction of sp³-hybridized carbons (Fsp3) is 0.462. The zero-order valence-electron chi connectivity index (χ0n) is 9.70. The lowest BCUT2D eigenvalue weighted by Crippen LogP contribution is -2.12. The average Bonchev–Trinajstić information content (AvgIpc) is 2.21. The smallest absolute Gasteiger partial charge is 0.137 e. The Balaban J connectivity index is 2.49. The van der Waals surface area contributed by atoms with Gasteiger partial charge in [0, 0.05) is 31.0 Å². The molecule has 0 aromatic heterocycles. The average molecular weight is 285 g/mol. The molecule has 0 radical (unpaired) electrons. The van der Waals surface area contributed by atoms with Gasteiger partial charge in [0.2, 0.25) is 0 Å². The summed E-state index contributed by atoms with van der Waals surface area (Å²) in [6.07, 6.45) is 1.07. The Morgan fingerprint density at radius 2 is 2.12 bits per heavy atom. The Morgan fingerprint density at radius 1 is 1.44 bits per heavy atom. The summed E-state index contributed by atoms with van der Waals surface area (Å²) < 4.78 is 6.02. The van der Waals surface area contributed by atoms with Gasteiger partial charge in [-0.05, 0) is 17.5 Å². The third-order valence-corrected chi connectivity index (χ3v) is 3.15. The van der Waals surface area contributed by atoms with Gasteiger partial charge in [0.1, 0.15) is 5.78 Å². The van der Waals surface area contributed by atoms with Gasteiger partial charge in [-0.15, -0.1) is 0 Å². The van der Waals surface area contributed by atoms with Gasteiger partial charge in [-0.1, -0.05) is 41.1 Å². The summed E-state index contributed by atoms with van der Waals surface area (Å²) in [5, 5.41) is 0. The van der Waals surface area contributed by atoms with Gasteiger partial charge in [0.05, 0.1) is 0 Å². The van der Waals surface area contributed by atoms with Crippen molar-refractivity contribution in [1.82, 2.24) is 0 Å². The molecule has 0 saturated heterocycles. The zero-order valence-corrected chi connectivity index (χ0v) is 11.3. The van der Waals surface area contributed by atoms with Crippen LogP contribution < -0.4 is 0 Å². The van der Waals surface area contributed by atoms with Crippen LogP contribution in [-0.2, 0) is 16.0 Å². The van der Waals surface area contributed by atoms with Crippen LogP contribution in [0.15, 0.2) is 28.7 Å². The van der Waals surface area contributed by atoms with Gasteiger partial charge in [0.15, 0.2) is 0 Å². The maximum absolute atomic E-state index is 11.8. The maximum atomic E-state index is 11.8. The number of carbonyl (C=O) groups is 1. The van der Waals surface area contributed by atoms with E-state index in [2.05, 4.69) is 15.9 Å². The highest BCUT2D eigenvalue weighted by Gasteiger charge is 2.10. The molecule has 16 heavy (non-hydrogen) atoms. The van der Waals surface area contributed by atoms with Crippen LogP contribution in [0.25, 0.3) is 0 Å². The second-order valence-corrected chi connectivity index (χ2v) is 4.93. The van der Waals surface area contributed by atoms with Gasteiger partial charge in [-0.3, -0.25) is 4.79 Å². The summed E-state index contributed by atoms with van der Waals surface area (Å²) in [6.45, 7) is 2.67. The summed E-state index contributed by atoms with van der Waals surface area (Å²) in [6, 6.07) is 7.84. The van der Waals surface area contributed by atoms with Crippen molar-refractivity contribution in [3.05, 3.63) is 34.3 Å². The van der Waals surface area contributed by atoms with E-state index in [1.54, 1.807) is 7.11 Å². The van der Waals surface area contributed by atoms with E-state index in [1.165, 1.54) is 0 Å². The van der Waals surface area contributed by atoms with Crippen molar-refractivity contribution in [2.45, 2.75) is 19.8 Å². The Morgan fingerprint density at radius 3 is 2.75 bits per heavy atom. The van der Waals surface area contributed by atoms with E-state index >= 15 is 0 Å². The first-order chi connectivity index (χ1) is 7.63. The van der Waals surface area contributed by atoms with Gasteiger partial charge in [-0.25, -0.2) is 0 Å². The van der Waals surface area contributed by atoms with E-state index in [0.717, 1.165) is 10.0 Å². The molecule has 1 aromatic rings. The minimum absolute atomic E-state index is 0.261. The number of ketones is 1. The van der Waals surface area contributed by atoms with Gasteiger partial charge >= 0.3 is 0 Å². The number of hydrogen-bond acceptors (Lipinski definition) is 2. The first-order valence-electron chi connectivity index (χ1n) is 5.37. The Hall–Kier alpha value is -0.670. The zero-order chi connectivity index (χ0) is 12.0. The predicted octanol–water partition coefficient (Wildman–Crippen LogP) is 3.23. The summed E-state index contributed by atoms with van der Waals surface area (Å²) in [7, 11) is 1.66. The van der Waals surface area contributed by atoms with Crippen molar-refractivity contribution in [2.24, 2.45) is 5.92 Å². The molecule has 0 saturated carbocycles. The van der Waals surface area contributed by atoms with Crippen LogP contribution in [0.1, 0.15) is 18.9 Å². The van der Waals surface area contributed by atoms with Crippen LogP contribution in [0.5, 0.6) is 0 Å². The number of Topliss-reactive ketones (excluding diaryl/α,β-unsaturated/α-hetero) is 1. The van der Waals surface area contributed by atoms with Crippen LogP contribution in [0.2, 0.25) is 0 Å². The van der Waals surface area contributed by atoms with Crippen molar-refractivity contribution in [3.63, 3.8) is 0 Å². The lowest BCUT2D eigenvalue weighted by atomic mass is 10.0. The fourth-order valence-corrected chi connectivity index (χ4v) is 2.08.